The van der Waals surface area contributed by atoms with E-state index in [1.165, 1.54) is 14.2 Å². The van der Waals surface area contributed by atoms with Gasteiger partial charge in [0.1, 0.15) is 0 Å². The molecule has 2 unspecified atom stereocenters. The summed E-state index contributed by atoms with van der Waals surface area (Å²) in [6, 6.07) is 2.16. The fraction of sp³-hybridized carbons (Fsp3) is 0.909. The number of hydrogen-bond donors (Lipinski definition) is 1. The molecule has 0 amide bonds. The Kier molecular flexibility index (Phi) is 5.22. The van der Waals surface area contributed by atoms with Gasteiger partial charge in [-0.1, -0.05) is 6.92 Å². The van der Waals surface area contributed by atoms with Gasteiger partial charge in [-0.15, -0.1) is 0 Å². The van der Waals surface area contributed by atoms with Crippen molar-refractivity contribution in [1.29, 1.82) is 5.26 Å². The first-order chi connectivity index (χ1) is 6.86. The molecule has 4 heteroatoms. The number of ether oxygens (including phenoxy) is 2. The van der Waals surface area contributed by atoms with Crippen LogP contribution in [0.2, 0.25) is 0 Å². The first-order valence-corrected chi connectivity index (χ1v) is 5.06. The summed E-state index contributed by atoms with van der Waals surface area (Å²) in [5.41, 5.74) is -1.92. The molecule has 88 valence electrons. The highest BCUT2D eigenvalue weighted by Gasteiger charge is 2.43. The minimum atomic E-state index is -1.13. The fourth-order valence-corrected chi connectivity index (χ4v) is 1.39. The van der Waals surface area contributed by atoms with Crippen molar-refractivity contribution >= 4 is 0 Å². The van der Waals surface area contributed by atoms with Crippen molar-refractivity contribution in [3.05, 3.63) is 0 Å². The molecule has 15 heavy (non-hydrogen) atoms. The summed E-state index contributed by atoms with van der Waals surface area (Å²) in [7, 11) is 3.03. The third kappa shape index (κ3) is 3.16. The monoisotopic (exact) mass is 215 g/mol. The van der Waals surface area contributed by atoms with E-state index in [0.717, 1.165) is 0 Å². The van der Waals surface area contributed by atoms with Crippen molar-refractivity contribution in [1.82, 2.24) is 0 Å². The van der Waals surface area contributed by atoms with Gasteiger partial charge in [0.2, 0.25) is 0 Å². The lowest BCUT2D eigenvalue weighted by Crippen LogP contribution is -2.45. The summed E-state index contributed by atoms with van der Waals surface area (Å²) in [4.78, 5) is 0. The molecule has 0 radical (unpaired) electrons. The summed E-state index contributed by atoms with van der Waals surface area (Å²) in [6.07, 6.45) is 0.369. The average Bonchev–Trinajstić information content (AvgIpc) is 2.24. The van der Waals surface area contributed by atoms with E-state index in [0.29, 0.717) is 6.42 Å². The molecule has 4 nitrogen and oxygen atoms in total. The van der Waals surface area contributed by atoms with E-state index in [9.17, 15) is 5.11 Å². The largest absolute Gasteiger partial charge is 0.388 e. The lowest BCUT2D eigenvalue weighted by atomic mass is 9.71. The molecule has 0 aromatic heterocycles. The van der Waals surface area contributed by atoms with Crippen LogP contribution < -0.4 is 0 Å². The Balaban J connectivity index is 4.74. The van der Waals surface area contributed by atoms with Crippen molar-refractivity contribution in [2.24, 2.45) is 5.41 Å². The van der Waals surface area contributed by atoms with Crippen LogP contribution in [-0.4, -0.2) is 31.2 Å². The van der Waals surface area contributed by atoms with Gasteiger partial charge in [-0.25, -0.2) is 0 Å². The number of hydrogen-bond acceptors (Lipinski definition) is 4. The Hall–Kier alpha value is -0.630. The number of nitriles is 1. The Bertz CT molecular complexity index is 230. The van der Waals surface area contributed by atoms with Crippen molar-refractivity contribution in [3.8, 4) is 6.07 Å². The lowest BCUT2D eigenvalue weighted by molar-refractivity contribution is -0.159. The van der Waals surface area contributed by atoms with E-state index in [1.54, 1.807) is 13.8 Å². The zero-order valence-electron chi connectivity index (χ0n) is 10.2. The van der Waals surface area contributed by atoms with E-state index < -0.39 is 17.3 Å². The van der Waals surface area contributed by atoms with Crippen LogP contribution in [0.25, 0.3) is 0 Å². The minimum Gasteiger partial charge on any atom is -0.388 e. The third-order valence-corrected chi connectivity index (χ3v) is 3.23. The van der Waals surface area contributed by atoms with Gasteiger partial charge >= 0.3 is 0 Å². The molecular formula is C11H21NO3. The number of methoxy groups -OCH3 is 2. The second-order valence-electron chi connectivity index (χ2n) is 4.18. The molecule has 0 aliphatic heterocycles. The van der Waals surface area contributed by atoms with Gasteiger partial charge in [0.25, 0.3) is 0 Å². The van der Waals surface area contributed by atoms with Crippen LogP contribution in [0.5, 0.6) is 0 Å². The van der Waals surface area contributed by atoms with Gasteiger partial charge in [0.05, 0.1) is 17.1 Å². The standard InChI is InChI=1S/C11H21NO3/c1-6-10(2,8-12)11(3,13)7-9(14-4)15-5/h9,13H,6-7H2,1-5H3. The average molecular weight is 215 g/mol. The van der Waals surface area contributed by atoms with E-state index in [-0.39, 0.29) is 6.42 Å². The molecule has 2 atom stereocenters. The highest BCUT2D eigenvalue weighted by Crippen LogP contribution is 2.37. The Morgan fingerprint density at radius 3 is 2.07 bits per heavy atom. The van der Waals surface area contributed by atoms with E-state index in [2.05, 4.69) is 6.07 Å². The molecule has 0 aromatic rings. The lowest BCUT2D eigenvalue weighted by Gasteiger charge is -2.38. The van der Waals surface area contributed by atoms with Crippen LogP contribution in [0.3, 0.4) is 0 Å². The smallest absolute Gasteiger partial charge is 0.159 e. The first kappa shape index (κ1) is 14.4. The van der Waals surface area contributed by atoms with Gasteiger partial charge in [-0.05, 0) is 20.3 Å². The third-order valence-electron chi connectivity index (χ3n) is 3.23. The quantitative estimate of drug-likeness (QED) is 0.685. The van der Waals surface area contributed by atoms with Gasteiger partial charge in [0, 0.05) is 20.6 Å². The molecule has 0 fully saturated rings. The molecule has 0 aliphatic carbocycles. The van der Waals surface area contributed by atoms with Crippen molar-refractivity contribution in [2.75, 3.05) is 14.2 Å². The van der Waals surface area contributed by atoms with Crippen LogP contribution in [0.4, 0.5) is 0 Å². The summed E-state index contributed by atoms with van der Waals surface area (Å²) in [5, 5.41) is 19.4. The molecule has 1 N–H and O–H groups in total. The van der Waals surface area contributed by atoms with Crippen LogP contribution in [0, 0.1) is 16.7 Å². The maximum Gasteiger partial charge on any atom is 0.159 e. The highest BCUT2D eigenvalue weighted by molar-refractivity contribution is 5.06. The Morgan fingerprint density at radius 2 is 1.80 bits per heavy atom. The van der Waals surface area contributed by atoms with Crippen LogP contribution >= 0.6 is 0 Å². The predicted octanol–water partition coefficient (Wildman–Crippen LogP) is 1.69. The van der Waals surface area contributed by atoms with E-state index in [4.69, 9.17) is 14.7 Å². The fourth-order valence-electron chi connectivity index (χ4n) is 1.39. The summed E-state index contributed by atoms with van der Waals surface area (Å²) < 4.78 is 10.1. The zero-order chi connectivity index (χ0) is 12.1. The molecular weight excluding hydrogens is 194 g/mol. The number of nitrogens with zero attached hydrogens (tertiary/aromatic N) is 1. The SMILES string of the molecule is CCC(C)(C#N)C(C)(O)CC(OC)OC. The minimum absolute atomic E-state index is 0.276. The molecule has 0 bridgehead atoms. The van der Waals surface area contributed by atoms with E-state index >= 15 is 0 Å². The van der Waals surface area contributed by atoms with Gasteiger partial charge in [0.15, 0.2) is 6.29 Å². The number of rotatable bonds is 6. The normalized spacial score (nSPS) is 19.3. The second kappa shape index (κ2) is 5.45. The first-order valence-electron chi connectivity index (χ1n) is 5.06. The van der Waals surface area contributed by atoms with Crippen LogP contribution in [0.1, 0.15) is 33.6 Å². The molecule has 0 saturated carbocycles. The highest BCUT2D eigenvalue weighted by atomic mass is 16.7. The summed E-state index contributed by atoms with van der Waals surface area (Å²) in [6.45, 7) is 5.27. The molecule has 0 rings (SSSR count). The predicted molar refractivity (Wildman–Crippen MR) is 57.1 cm³/mol. The molecule has 0 heterocycles. The molecule has 0 aliphatic rings. The maximum atomic E-state index is 10.3. The Morgan fingerprint density at radius 1 is 1.33 bits per heavy atom. The van der Waals surface area contributed by atoms with E-state index in [1.807, 2.05) is 6.92 Å². The zero-order valence-corrected chi connectivity index (χ0v) is 10.2. The van der Waals surface area contributed by atoms with Crippen LogP contribution in [-0.2, 0) is 9.47 Å². The number of aliphatic hydroxyl groups is 1. The molecule has 0 aromatic carbocycles. The maximum absolute atomic E-state index is 10.3. The van der Waals surface area contributed by atoms with Gasteiger partial charge in [-0.2, -0.15) is 5.26 Å². The molecule has 0 spiro atoms. The second-order valence-corrected chi connectivity index (χ2v) is 4.18. The summed E-state index contributed by atoms with van der Waals surface area (Å²) in [5.74, 6) is 0. The summed E-state index contributed by atoms with van der Waals surface area (Å²) >= 11 is 0. The van der Waals surface area contributed by atoms with Crippen molar-refractivity contribution in [2.45, 2.75) is 45.5 Å². The topological polar surface area (TPSA) is 62.5 Å². The Labute approximate surface area is 91.8 Å². The van der Waals surface area contributed by atoms with Gasteiger partial charge < -0.3 is 14.6 Å². The molecule has 0 saturated heterocycles. The van der Waals surface area contributed by atoms with Crippen molar-refractivity contribution < 1.29 is 14.6 Å². The van der Waals surface area contributed by atoms with Crippen molar-refractivity contribution in [3.63, 3.8) is 0 Å². The van der Waals surface area contributed by atoms with Crippen LogP contribution in [0.15, 0.2) is 0 Å². The van der Waals surface area contributed by atoms with Gasteiger partial charge in [-0.3, -0.25) is 0 Å².